The minimum Gasteiger partial charge on any atom is -0.381 e. The van der Waals surface area contributed by atoms with E-state index in [1.807, 2.05) is 0 Å². The molecular weight excluding hydrogens is 867 g/mol. The minimum absolute atomic E-state index is 0.0364. The van der Waals surface area contributed by atoms with Crippen LogP contribution in [0.25, 0.3) is 0 Å². The highest BCUT2D eigenvalue weighted by atomic mass is 16.6. The van der Waals surface area contributed by atoms with E-state index in [1.165, 1.54) is 0 Å². The van der Waals surface area contributed by atoms with Gasteiger partial charge < -0.3 is 63.3 Å². The van der Waals surface area contributed by atoms with Crippen molar-refractivity contribution < 1.29 is 66.5 Å². The van der Waals surface area contributed by atoms with Crippen molar-refractivity contribution in [1.29, 1.82) is 0 Å². The molecule has 0 atom stereocenters. The highest BCUT2D eigenvalue weighted by molar-refractivity contribution is 5.79. The first-order chi connectivity index (χ1) is 32.2. The smallest absolute Gasteiger partial charge is 0.222 e. The Morgan fingerprint density at radius 2 is 0.731 bits per heavy atom. The number of amides is 2. The predicted octanol–water partition coefficient (Wildman–Crippen LogP) is 5.52. The molecule has 67 heavy (non-hydrogen) atoms. The third-order valence-corrected chi connectivity index (χ3v) is 10.0. The number of ether oxygens (including phenoxy) is 10. The molecule has 0 saturated carbocycles. The van der Waals surface area contributed by atoms with E-state index in [9.17, 15) is 19.2 Å². The Balaban J connectivity index is 5.33. The lowest BCUT2D eigenvalue weighted by molar-refractivity contribution is -0.131. The molecule has 17 nitrogen and oxygen atoms in total. The van der Waals surface area contributed by atoms with Crippen LogP contribution < -0.4 is 16.0 Å². The van der Waals surface area contributed by atoms with Crippen LogP contribution in [0.5, 0.6) is 0 Å². The minimum atomic E-state index is -1.20. The summed E-state index contributed by atoms with van der Waals surface area (Å²) in [6.45, 7) is 25.2. The number of carbonyl (C=O) groups is 4. The van der Waals surface area contributed by atoms with Crippen LogP contribution in [0.4, 0.5) is 0 Å². The highest BCUT2D eigenvalue weighted by Crippen LogP contribution is 2.12. The van der Waals surface area contributed by atoms with Gasteiger partial charge in [0.2, 0.25) is 11.8 Å². The molecule has 0 aromatic heterocycles. The SMILES string of the molecule is CC(C)CCOCCCC(=O)CCOCC(COCCC(=O)CCCOCCC(C)C)(COCCC(=O)NCCOCCC(C)C)NC(=O)CCOCCOCCOCCOCCNC(C)C. The fourth-order valence-electron chi connectivity index (χ4n) is 5.88. The summed E-state index contributed by atoms with van der Waals surface area (Å²) in [5.74, 6) is 1.26. The summed E-state index contributed by atoms with van der Waals surface area (Å²) >= 11 is 0. The Hall–Kier alpha value is -2.16. The fourth-order valence-corrected chi connectivity index (χ4v) is 5.88. The van der Waals surface area contributed by atoms with E-state index >= 15 is 0 Å². The molecule has 0 rings (SSSR count). The zero-order valence-electron chi connectivity index (χ0n) is 43.4. The maximum Gasteiger partial charge on any atom is 0.222 e. The molecule has 0 aliphatic carbocycles. The number of rotatable bonds is 52. The molecule has 0 aliphatic heterocycles. The summed E-state index contributed by atoms with van der Waals surface area (Å²) in [7, 11) is 0. The zero-order chi connectivity index (χ0) is 49.6. The molecule has 2 amide bonds. The Labute approximate surface area is 405 Å². The van der Waals surface area contributed by atoms with Gasteiger partial charge in [-0.3, -0.25) is 19.2 Å². The molecule has 3 N–H and O–H groups in total. The normalized spacial score (nSPS) is 12.0. The number of hydrogen-bond donors (Lipinski definition) is 3. The molecule has 0 spiro atoms. The third kappa shape index (κ3) is 47.3. The summed E-state index contributed by atoms with van der Waals surface area (Å²) in [6.07, 6.45) is 5.47. The Bertz CT molecular complexity index is 1080. The van der Waals surface area contributed by atoms with Crippen molar-refractivity contribution in [3.63, 3.8) is 0 Å². The lowest BCUT2D eigenvalue weighted by Crippen LogP contribution is -2.59. The van der Waals surface area contributed by atoms with Gasteiger partial charge in [0.15, 0.2) is 0 Å². The van der Waals surface area contributed by atoms with Crippen molar-refractivity contribution in [1.82, 2.24) is 16.0 Å². The van der Waals surface area contributed by atoms with Crippen LogP contribution in [0.1, 0.15) is 126 Å². The second-order valence-corrected chi connectivity index (χ2v) is 18.6. The first-order valence-electron chi connectivity index (χ1n) is 25.4. The van der Waals surface area contributed by atoms with Crippen molar-refractivity contribution in [3.8, 4) is 0 Å². The van der Waals surface area contributed by atoms with E-state index in [4.69, 9.17) is 47.4 Å². The van der Waals surface area contributed by atoms with Gasteiger partial charge in [-0.25, -0.2) is 0 Å². The van der Waals surface area contributed by atoms with Gasteiger partial charge in [0.05, 0.1) is 99.1 Å². The predicted molar refractivity (Wildman–Crippen MR) is 261 cm³/mol. The van der Waals surface area contributed by atoms with E-state index < -0.39 is 5.54 Å². The molecule has 0 radical (unpaired) electrons. The Morgan fingerprint density at radius 3 is 1.18 bits per heavy atom. The van der Waals surface area contributed by atoms with Crippen LogP contribution in [0, 0.1) is 17.8 Å². The van der Waals surface area contributed by atoms with E-state index in [0.717, 1.165) is 25.8 Å². The summed E-state index contributed by atoms with van der Waals surface area (Å²) in [5, 5.41) is 9.20. The number of carbonyl (C=O) groups excluding carboxylic acids is 4. The van der Waals surface area contributed by atoms with E-state index in [-0.39, 0.29) is 95.3 Å². The van der Waals surface area contributed by atoms with Crippen LogP contribution >= 0.6 is 0 Å². The van der Waals surface area contributed by atoms with E-state index in [0.29, 0.717) is 142 Å². The lowest BCUT2D eigenvalue weighted by atomic mass is 10.0. The second-order valence-electron chi connectivity index (χ2n) is 18.6. The summed E-state index contributed by atoms with van der Waals surface area (Å²) in [4.78, 5) is 51.5. The lowest BCUT2D eigenvalue weighted by Gasteiger charge is -2.34. The highest BCUT2D eigenvalue weighted by Gasteiger charge is 2.34. The van der Waals surface area contributed by atoms with Crippen molar-refractivity contribution in [2.24, 2.45) is 17.8 Å². The topological polar surface area (TPSA) is 197 Å². The number of ketones is 2. The molecule has 0 fully saturated rings. The maximum atomic E-state index is 13.5. The molecule has 0 aromatic rings. The van der Waals surface area contributed by atoms with Crippen molar-refractivity contribution in [3.05, 3.63) is 0 Å². The number of hydrogen-bond acceptors (Lipinski definition) is 15. The molecule has 17 heteroatoms. The van der Waals surface area contributed by atoms with E-state index in [2.05, 4.69) is 71.3 Å². The van der Waals surface area contributed by atoms with Gasteiger partial charge in [0.25, 0.3) is 0 Å². The van der Waals surface area contributed by atoms with Crippen molar-refractivity contribution in [2.45, 2.75) is 138 Å². The van der Waals surface area contributed by atoms with Gasteiger partial charge in [0, 0.05) is 90.7 Å². The van der Waals surface area contributed by atoms with Gasteiger partial charge in [-0.15, -0.1) is 0 Å². The number of Topliss-reactive ketones (excluding diaryl/α,β-unsaturated/α-hetero) is 2. The zero-order valence-corrected chi connectivity index (χ0v) is 43.4. The Morgan fingerprint density at radius 1 is 0.373 bits per heavy atom. The average molecular weight is 964 g/mol. The molecular formula is C50H97N3O14. The van der Waals surface area contributed by atoms with Crippen LogP contribution in [0.15, 0.2) is 0 Å². The summed E-state index contributed by atoms with van der Waals surface area (Å²) in [5.41, 5.74) is -1.20. The van der Waals surface area contributed by atoms with Gasteiger partial charge in [-0.2, -0.15) is 0 Å². The van der Waals surface area contributed by atoms with Gasteiger partial charge in [-0.05, 0) is 49.9 Å². The molecule has 0 saturated heterocycles. The van der Waals surface area contributed by atoms with Gasteiger partial charge in [0.1, 0.15) is 17.1 Å². The molecule has 0 heterocycles. The monoisotopic (exact) mass is 964 g/mol. The Kier molecular flexibility index (Phi) is 44.7. The van der Waals surface area contributed by atoms with Gasteiger partial charge in [-0.1, -0.05) is 55.4 Å². The quantitative estimate of drug-likeness (QED) is 0.0645. The molecule has 0 aliphatic rings. The second kappa shape index (κ2) is 46.2. The largest absolute Gasteiger partial charge is 0.381 e. The molecule has 0 aromatic carbocycles. The fraction of sp³-hybridized carbons (Fsp3) is 0.920. The maximum absolute atomic E-state index is 13.5. The van der Waals surface area contributed by atoms with Crippen LogP contribution in [-0.2, 0) is 66.5 Å². The average Bonchev–Trinajstić information content (AvgIpc) is 3.27. The van der Waals surface area contributed by atoms with Crippen molar-refractivity contribution in [2.75, 3.05) is 145 Å². The number of nitrogens with one attached hydrogen (secondary N) is 3. The standard InChI is InChI=1S/C50H97N3O14/c1-42(2)13-24-58-22-9-11-46(54)16-27-65-39-50(40-66-28-17-47(55)12-10-23-59-25-14-43(3)4,41-67-30-18-48(56)52-21-32-60-26-15-44(5)6)53-49(57)19-29-61-33-35-63-37-38-64-36-34-62-31-20-51-45(7)8/h42-45,51H,9-41H2,1-8H3,(H,52,56)(H,53,57). The molecule has 0 bridgehead atoms. The van der Waals surface area contributed by atoms with Crippen LogP contribution in [0.2, 0.25) is 0 Å². The van der Waals surface area contributed by atoms with Crippen LogP contribution in [-0.4, -0.2) is 180 Å². The molecule has 396 valence electrons. The first kappa shape index (κ1) is 64.8. The third-order valence-electron chi connectivity index (χ3n) is 10.0. The molecule has 0 unspecified atom stereocenters. The van der Waals surface area contributed by atoms with Gasteiger partial charge >= 0.3 is 0 Å². The summed E-state index contributed by atoms with van der Waals surface area (Å²) in [6, 6.07) is 0.429. The summed E-state index contributed by atoms with van der Waals surface area (Å²) < 4.78 is 57.4. The van der Waals surface area contributed by atoms with Crippen molar-refractivity contribution >= 4 is 23.4 Å². The van der Waals surface area contributed by atoms with Crippen LogP contribution in [0.3, 0.4) is 0 Å². The van der Waals surface area contributed by atoms with E-state index in [1.54, 1.807) is 0 Å². The first-order valence-corrected chi connectivity index (χ1v) is 25.4.